The molecule has 27 nitrogen and oxygen atoms in total. The van der Waals surface area contributed by atoms with Crippen LogP contribution in [0.1, 0.15) is 86.5 Å². The number of nitrogens with two attached hydrogens (primary N) is 3. The van der Waals surface area contributed by atoms with Crippen LogP contribution in [0.5, 0.6) is 0 Å². The van der Waals surface area contributed by atoms with Gasteiger partial charge in [0.2, 0.25) is 59.1 Å². The average Bonchev–Trinajstić information content (AvgIpc) is 3.25. The fraction of sp³-hybridized carbons (Fsp3) is 0.762. The number of hydrogen-bond donors (Lipinski definition) is 16. The van der Waals surface area contributed by atoms with Crippen LogP contribution >= 0.6 is 0 Å². The monoisotopic (exact) mass is 989 g/mol. The maximum absolute atomic E-state index is 14.1. The van der Waals surface area contributed by atoms with Crippen LogP contribution < -0.4 is 75.7 Å². The predicted octanol–water partition coefficient (Wildman–Crippen LogP) is -7.25. The lowest BCUT2D eigenvalue weighted by atomic mass is 10.0. The molecule has 0 aromatic carbocycles. The molecular weight excluding hydrogens is 907 g/mol. The number of nitrogens with zero attached hydrogens (tertiary/aromatic N) is 1. The topological polar surface area (TPSA) is 422 Å². The van der Waals surface area contributed by atoms with E-state index in [0.717, 1.165) is 6.92 Å². The molecule has 396 valence electrons. The fourth-order valence-electron chi connectivity index (χ4n) is 6.27. The number of aliphatic hydroxyl groups is 2. The van der Waals surface area contributed by atoms with E-state index in [-0.39, 0.29) is 19.1 Å². The van der Waals surface area contributed by atoms with Gasteiger partial charge < -0.3 is 74.4 Å². The molecule has 27 heteroatoms. The summed E-state index contributed by atoms with van der Waals surface area (Å²) in [7, 11) is 9.33. The molecule has 0 aliphatic rings. The quantitative estimate of drug-likeness (QED) is 0.0162. The highest BCUT2D eigenvalue weighted by Gasteiger charge is 2.36. The number of nitrogens with one attached hydrogen (secondary N) is 11. The Morgan fingerprint density at radius 3 is 1.30 bits per heavy atom. The number of carbonyl (C=O) groups is 10. The van der Waals surface area contributed by atoms with Crippen molar-refractivity contribution in [3.63, 3.8) is 0 Å². The van der Waals surface area contributed by atoms with Gasteiger partial charge in [0.15, 0.2) is 0 Å². The van der Waals surface area contributed by atoms with Gasteiger partial charge in [0, 0.05) is 6.42 Å². The molecule has 0 saturated carbocycles. The molecule has 0 heterocycles. The van der Waals surface area contributed by atoms with Crippen molar-refractivity contribution >= 4 is 59.1 Å². The van der Waals surface area contributed by atoms with Crippen LogP contribution in [0.3, 0.4) is 0 Å². The standard InChI is InChI=1S/C42H81N15O12/c1-21(43)34(62)52-28(16-14-19-48-42(46-7)47-8)38(66)56-32(26(6)59)41(69)54-27(15-12-13-20-57(9,10)11)37(65)53-29(17-18-30(44)60)39(67)55-31(25(5)58)40(68)51-24(4)36(64)50-23(3)35(63)49-22(2)33(45)61/h21-29,31-32,42,46-48,58-59H,12-20,43H2,1-11H3,(H11-,44,45,49,50,51,52,53,54,55,56,60,61,62,63,64,65,66,67,68,69)/p+1/t21-,22-,23-,24-,25+,26+,27-,28-,29-,31-,32-/m0/s1. The smallest absolute Gasteiger partial charge is 0.245 e. The lowest BCUT2D eigenvalue weighted by Crippen LogP contribution is -2.62. The Morgan fingerprint density at radius 2 is 0.884 bits per heavy atom. The molecule has 0 bridgehead atoms. The first-order valence-electron chi connectivity index (χ1n) is 23.0. The van der Waals surface area contributed by atoms with Gasteiger partial charge in [-0.2, -0.15) is 0 Å². The number of rotatable bonds is 34. The van der Waals surface area contributed by atoms with Gasteiger partial charge in [-0.25, -0.2) is 0 Å². The average molecular weight is 989 g/mol. The minimum atomic E-state index is -1.74. The highest BCUT2D eigenvalue weighted by Crippen LogP contribution is 2.10. The van der Waals surface area contributed by atoms with E-state index in [2.05, 4.69) is 58.5 Å². The largest absolute Gasteiger partial charge is 0.391 e. The second kappa shape index (κ2) is 31.5. The third-order valence-electron chi connectivity index (χ3n) is 10.6. The van der Waals surface area contributed by atoms with Crippen molar-refractivity contribution in [1.29, 1.82) is 0 Å². The van der Waals surface area contributed by atoms with Crippen molar-refractivity contribution in [1.82, 2.24) is 58.5 Å². The van der Waals surface area contributed by atoms with Gasteiger partial charge in [0.25, 0.3) is 0 Å². The molecule has 11 atom stereocenters. The van der Waals surface area contributed by atoms with E-state index in [1.807, 2.05) is 21.1 Å². The van der Waals surface area contributed by atoms with Crippen molar-refractivity contribution in [3.05, 3.63) is 0 Å². The number of amides is 10. The van der Waals surface area contributed by atoms with E-state index in [4.69, 9.17) is 17.2 Å². The Morgan fingerprint density at radius 1 is 0.493 bits per heavy atom. The SMILES string of the molecule is CNC(NC)NCCC[C@H](NC(=O)[C@H](C)N)C(=O)N[C@H](C(=O)N[C@@H](CCCC[N+](C)(C)C)C(=O)N[C@@H](CCC(N)=O)C(=O)N[C@H](C(=O)N[C@@H](C)C(=O)N[C@@H](C)C(=O)N[C@@H](C)C(N)=O)[C@@H](C)O)[C@@H](C)O. The van der Waals surface area contributed by atoms with Gasteiger partial charge in [-0.05, 0) is 101 Å². The molecule has 0 aliphatic heterocycles. The van der Waals surface area contributed by atoms with Crippen LogP contribution in [0.15, 0.2) is 0 Å². The molecule has 10 amide bonds. The van der Waals surface area contributed by atoms with E-state index in [9.17, 15) is 58.2 Å². The lowest BCUT2D eigenvalue weighted by molar-refractivity contribution is -0.870. The van der Waals surface area contributed by atoms with Crippen molar-refractivity contribution in [2.24, 2.45) is 17.2 Å². The van der Waals surface area contributed by atoms with Gasteiger partial charge in [0.05, 0.1) is 45.9 Å². The van der Waals surface area contributed by atoms with Crippen LogP contribution in [0.25, 0.3) is 0 Å². The Balaban J connectivity index is 6.48. The van der Waals surface area contributed by atoms with Crippen LogP contribution in [0.4, 0.5) is 0 Å². The van der Waals surface area contributed by atoms with E-state index in [0.29, 0.717) is 36.8 Å². The number of quaternary nitrogens is 1. The minimum Gasteiger partial charge on any atom is -0.391 e. The molecule has 19 N–H and O–H groups in total. The van der Waals surface area contributed by atoms with Gasteiger partial charge in [0.1, 0.15) is 54.6 Å². The highest BCUT2D eigenvalue weighted by molar-refractivity contribution is 5.98. The van der Waals surface area contributed by atoms with E-state index in [1.54, 1.807) is 14.1 Å². The van der Waals surface area contributed by atoms with Crippen molar-refractivity contribution < 1.29 is 62.6 Å². The number of carbonyl (C=O) groups excluding carboxylic acids is 10. The van der Waals surface area contributed by atoms with Gasteiger partial charge in [-0.3, -0.25) is 63.9 Å². The first kappa shape index (κ1) is 63.4. The van der Waals surface area contributed by atoms with E-state index in [1.165, 1.54) is 34.6 Å². The number of hydrogen-bond acceptors (Lipinski definition) is 16. The van der Waals surface area contributed by atoms with E-state index >= 15 is 0 Å². The molecule has 0 spiro atoms. The van der Waals surface area contributed by atoms with Crippen molar-refractivity contribution in [3.8, 4) is 0 Å². The molecule has 0 aromatic heterocycles. The van der Waals surface area contributed by atoms with Crippen LogP contribution in [-0.2, 0) is 47.9 Å². The first-order chi connectivity index (χ1) is 31.9. The summed E-state index contributed by atoms with van der Waals surface area (Å²) < 4.78 is 0.576. The maximum Gasteiger partial charge on any atom is 0.245 e. The summed E-state index contributed by atoms with van der Waals surface area (Å²) in [5.41, 5.74) is 16.3. The lowest BCUT2D eigenvalue weighted by Gasteiger charge is -2.29. The highest BCUT2D eigenvalue weighted by atomic mass is 16.3. The molecule has 0 unspecified atom stereocenters. The van der Waals surface area contributed by atoms with Crippen LogP contribution in [-0.4, -0.2) is 195 Å². The Hall–Kier alpha value is -5.58. The summed E-state index contributed by atoms with van der Waals surface area (Å²) in [5.74, 6) is -8.78. The zero-order valence-electron chi connectivity index (χ0n) is 41.9. The zero-order chi connectivity index (χ0) is 53.3. The predicted molar refractivity (Wildman–Crippen MR) is 253 cm³/mol. The number of primary amides is 2. The number of unbranched alkanes of at least 4 members (excludes halogenated alkanes) is 1. The number of aliphatic hydroxyl groups excluding tert-OH is 2. The third kappa shape index (κ3) is 25.6. The Bertz CT molecular complexity index is 1720. The summed E-state index contributed by atoms with van der Waals surface area (Å²) in [6.45, 7) is 8.80. The third-order valence-corrected chi connectivity index (χ3v) is 10.6. The molecule has 0 radical (unpaired) electrons. The summed E-state index contributed by atoms with van der Waals surface area (Å²) in [4.78, 5) is 130. The van der Waals surface area contributed by atoms with Crippen LogP contribution in [0.2, 0.25) is 0 Å². The summed E-state index contributed by atoms with van der Waals surface area (Å²) in [6, 6.07) is -12.1. The van der Waals surface area contributed by atoms with Crippen molar-refractivity contribution in [2.75, 3.05) is 48.3 Å². The molecule has 0 aliphatic carbocycles. The normalized spacial score (nSPS) is 16.3. The van der Waals surface area contributed by atoms with Gasteiger partial charge >= 0.3 is 0 Å². The molecule has 0 rings (SSSR count). The Kier molecular flexibility index (Phi) is 29.0. The molecule has 0 saturated heterocycles. The minimum absolute atomic E-state index is 0.00832. The summed E-state index contributed by atoms with van der Waals surface area (Å²) in [5, 5.41) is 49.9. The maximum atomic E-state index is 14.1. The van der Waals surface area contributed by atoms with Gasteiger partial charge in [-0.1, -0.05) is 0 Å². The summed E-state index contributed by atoms with van der Waals surface area (Å²) in [6.07, 6.45) is -2.79. The summed E-state index contributed by atoms with van der Waals surface area (Å²) >= 11 is 0. The van der Waals surface area contributed by atoms with Crippen LogP contribution in [0, 0.1) is 0 Å². The second-order valence-corrected chi connectivity index (χ2v) is 18.1. The van der Waals surface area contributed by atoms with Gasteiger partial charge in [-0.15, -0.1) is 0 Å². The fourth-order valence-corrected chi connectivity index (χ4v) is 6.27. The van der Waals surface area contributed by atoms with Crippen molar-refractivity contribution in [2.45, 2.75) is 159 Å². The molecular formula is C42H82N15O12+. The molecule has 69 heavy (non-hydrogen) atoms. The molecule has 0 aromatic rings. The zero-order valence-corrected chi connectivity index (χ0v) is 41.9. The Labute approximate surface area is 404 Å². The second-order valence-electron chi connectivity index (χ2n) is 18.1. The first-order valence-corrected chi connectivity index (χ1v) is 23.0. The van der Waals surface area contributed by atoms with E-state index < -0.39 is 138 Å². The molecule has 0 fully saturated rings.